The summed E-state index contributed by atoms with van der Waals surface area (Å²) in [5.41, 5.74) is 1.43. The Morgan fingerprint density at radius 3 is 2.80 bits per heavy atom. The Kier molecular flexibility index (Phi) is 2.67. The minimum absolute atomic E-state index is 0.00407. The molecule has 0 saturated carbocycles. The average molecular weight is 205 g/mol. The van der Waals surface area contributed by atoms with Gasteiger partial charge in [0, 0.05) is 6.20 Å². The van der Waals surface area contributed by atoms with Crippen LogP contribution in [0, 0.1) is 5.82 Å². The van der Waals surface area contributed by atoms with Crippen LogP contribution in [0.4, 0.5) is 10.1 Å². The summed E-state index contributed by atoms with van der Waals surface area (Å²) in [4.78, 5) is 0. The van der Waals surface area contributed by atoms with Gasteiger partial charge in [-0.05, 0) is 25.1 Å². The summed E-state index contributed by atoms with van der Waals surface area (Å²) in [7, 11) is 0. The Morgan fingerprint density at radius 2 is 2.13 bits per heavy atom. The second-order valence-electron chi connectivity index (χ2n) is 3.36. The fourth-order valence-corrected chi connectivity index (χ4v) is 1.40. The number of anilines is 1. The summed E-state index contributed by atoms with van der Waals surface area (Å²) >= 11 is 0. The van der Waals surface area contributed by atoms with Crippen LogP contribution in [0.1, 0.15) is 18.7 Å². The zero-order chi connectivity index (χ0) is 10.7. The Morgan fingerprint density at radius 1 is 1.33 bits per heavy atom. The van der Waals surface area contributed by atoms with Gasteiger partial charge in [0.2, 0.25) is 0 Å². The Balaban J connectivity index is 2.13. The highest BCUT2D eigenvalue weighted by molar-refractivity contribution is 5.45. The maximum absolute atomic E-state index is 13.3. The molecule has 0 aliphatic heterocycles. The van der Waals surface area contributed by atoms with E-state index >= 15 is 0 Å². The molecule has 1 unspecified atom stereocenters. The maximum Gasteiger partial charge on any atom is 0.146 e. The van der Waals surface area contributed by atoms with Crippen LogP contribution in [0.2, 0.25) is 0 Å². The minimum Gasteiger partial charge on any atom is -0.375 e. The first kappa shape index (κ1) is 9.71. The largest absolute Gasteiger partial charge is 0.375 e. The second-order valence-corrected chi connectivity index (χ2v) is 3.36. The number of para-hydroxylation sites is 1. The van der Waals surface area contributed by atoms with Gasteiger partial charge < -0.3 is 5.32 Å². The second kappa shape index (κ2) is 4.13. The lowest BCUT2D eigenvalue weighted by Crippen LogP contribution is -2.08. The molecule has 0 saturated heterocycles. The highest BCUT2D eigenvalue weighted by Gasteiger charge is 2.08. The van der Waals surface area contributed by atoms with E-state index in [9.17, 15) is 4.39 Å². The summed E-state index contributed by atoms with van der Waals surface area (Å²) in [6.45, 7) is 1.94. The molecule has 2 aromatic rings. The van der Waals surface area contributed by atoms with Gasteiger partial charge in [0.1, 0.15) is 5.82 Å². The van der Waals surface area contributed by atoms with Gasteiger partial charge in [0.15, 0.2) is 0 Å². The van der Waals surface area contributed by atoms with Gasteiger partial charge in [-0.2, -0.15) is 5.10 Å². The molecule has 15 heavy (non-hydrogen) atoms. The number of hydrogen-bond donors (Lipinski definition) is 2. The molecule has 0 spiro atoms. The smallest absolute Gasteiger partial charge is 0.146 e. The highest BCUT2D eigenvalue weighted by Crippen LogP contribution is 2.19. The average Bonchev–Trinajstić information content (AvgIpc) is 2.74. The number of aromatic nitrogens is 2. The Labute approximate surface area is 87.3 Å². The standard InChI is InChI=1S/C11H12FN3/c1-8(10-6-7-13-15-10)14-11-5-3-2-4-9(11)12/h2-8,14H,1H3,(H,13,15). The van der Waals surface area contributed by atoms with Crippen molar-refractivity contribution >= 4 is 5.69 Å². The van der Waals surface area contributed by atoms with Crippen LogP contribution in [0.25, 0.3) is 0 Å². The Hall–Kier alpha value is -1.84. The van der Waals surface area contributed by atoms with Crippen LogP contribution < -0.4 is 5.32 Å². The summed E-state index contributed by atoms with van der Waals surface area (Å²) < 4.78 is 13.3. The summed E-state index contributed by atoms with van der Waals surface area (Å²) in [5.74, 6) is -0.246. The number of benzene rings is 1. The van der Waals surface area contributed by atoms with Crippen LogP contribution in [-0.2, 0) is 0 Å². The molecule has 1 aromatic heterocycles. The molecule has 2 rings (SSSR count). The predicted molar refractivity (Wildman–Crippen MR) is 57.0 cm³/mol. The van der Waals surface area contributed by atoms with Crippen LogP contribution >= 0.6 is 0 Å². The molecule has 0 fully saturated rings. The van der Waals surface area contributed by atoms with Crippen LogP contribution in [0.5, 0.6) is 0 Å². The first-order chi connectivity index (χ1) is 7.27. The maximum atomic E-state index is 13.3. The number of nitrogens with zero attached hydrogens (tertiary/aromatic N) is 1. The van der Waals surface area contributed by atoms with E-state index in [1.807, 2.05) is 13.0 Å². The van der Waals surface area contributed by atoms with Crippen LogP contribution in [0.3, 0.4) is 0 Å². The Bertz CT molecular complexity index is 425. The number of hydrogen-bond acceptors (Lipinski definition) is 2. The van der Waals surface area contributed by atoms with E-state index in [0.29, 0.717) is 5.69 Å². The van der Waals surface area contributed by atoms with Gasteiger partial charge in [-0.15, -0.1) is 0 Å². The predicted octanol–water partition coefficient (Wildman–Crippen LogP) is 2.72. The van der Waals surface area contributed by atoms with Crippen molar-refractivity contribution in [3.8, 4) is 0 Å². The molecule has 0 aliphatic rings. The van der Waals surface area contributed by atoms with Crippen molar-refractivity contribution in [1.82, 2.24) is 10.2 Å². The van der Waals surface area contributed by atoms with Crippen molar-refractivity contribution in [1.29, 1.82) is 0 Å². The van der Waals surface area contributed by atoms with E-state index in [4.69, 9.17) is 0 Å². The van der Waals surface area contributed by atoms with E-state index < -0.39 is 0 Å². The van der Waals surface area contributed by atoms with Crippen molar-refractivity contribution < 1.29 is 4.39 Å². The van der Waals surface area contributed by atoms with Crippen molar-refractivity contribution in [3.05, 3.63) is 48.0 Å². The zero-order valence-corrected chi connectivity index (χ0v) is 8.37. The quantitative estimate of drug-likeness (QED) is 0.808. The molecule has 0 amide bonds. The van der Waals surface area contributed by atoms with Crippen molar-refractivity contribution in [2.45, 2.75) is 13.0 Å². The lowest BCUT2D eigenvalue weighted by molar-refractivity contribution is 0.627. The fourth-order valence-electron chi connectivity index (χ4n) is 1.40. The summed E-state index contributed by atoms with van der Waals surface area (Å²) in [6.07, 6.45) is 1.68. The van der Waals surface area contributed by atoms with Gasteiger partial charge in [0.25, 0.3) is 0 Å². The molecule has 0 radical (unpaired) electrons. The molecule has 78 valence electrons. The van der Waals surface area contributed by atoms with Gasteiger partial charge >= 0.3 is 0 Å². The molecular formula is C11H12FN3. The molecule has 4 heteroatoms. The number of H-pyrrole nitrogens is 1. The number of rotatable bonds is 3. The van der Waals surface area contributed by atoms with Crippen molar-refractivity contribution in [2.24, 2.45) is 0 Å². The molecule has 1 heterocycles. The third-order valence-electron chi connectivity index (χ3n) is 2.23. The SMILES string of the molecule is CC(Nc1ccccc1F)c1ccn[nH]1. The number of nitrogens with one attached hydrogen (secondary N) is 2. The molecule has 2 N–H and O–H groups in total. The third kappa shape index (κ3) is 2.15. The summed E-state index contributed by atoms with van der Waals surface area (Å²) in [5, 5.41) is 9.76. The lowest BCUT2D eigenvalue weighted by Gasteiger charge is -2.13. The van der Waals surface area contributed by atoms with E-state index in [1.54, 1.807) is 24.4 Å². The molecule has 1 aromatic carbocycles. The van der Waals surface area contributed by atoms with Gasteiger partial charge in [0.05, 0.1) is 17.4 Å². The fraction of sp³-hybridized carbons (Fsp3) is 0.182. The van der Waals surface area contributed by atoms with E-state index in [0.717, 1.165) is 5.69 Å². The van der Waals surface area contributed by atoms with Crippen molar-refractivity contribution in [2.75, 3.05) is 5.32 Å². The summed E-state index contributed by atoms with van der Waals surface area (Å²) in [6, 6.07) is 8.47. The van der Waals surface area contributed by atoms with Gasteiger partial charge in [-0.3, -0.25) is 5.10 Å². The molecule has 0 bridgehead atoms. The van der Waals surface area contributed by atoms with Crippen molar-refractivity contribution in [3.63, 3.8) is 0 Å². The third-order valence-corrected chi connectivity index (χ3v) is 2.23. The first-order valence-corrected chi connectivity index (χ1v) is 4.77. The highest BCUT2D eigenvalue weighted by atomic mass is 19.1. The van der Waals surface area contributed by atoms with E-state index in [2.05, 4.69) is 15.5 Å². The van der Waals surface area contributed by atoms with Crippen LogP contribution in [-0.4, -0.2) is 10.2 Å². The number of halogens is 1. The lowest BCUT2D eigenvalue weighted by atomic mass is 10.2. The normalized spacial score (nSPS) is 12.4. The molecular weight excluding hydrogens is 193 g/mol. The van der Waals surface area contributed by atoms with Crippen LogP contribution in [0.15, 0.2) is 36.5 Å². The zero-order valence-electron chi connectivity index (χ0n) is 8.37. The number of aromatic amines is 1. The minimum atomic E-state index is -0.246. The molecule has 0 aliphatic carbocycles. The van der Waals surface area contributed by atoms with E-state index in [-0.39, 0.29) is 11.9 Å². The van der Waals surface area contributed by atoms with Gasteiger partial charge in [-0.1, -0.05) is 12.1 Å². The monoisotopic (exact) mass is 205 g/mol. The van der Waals surface area contributed by atoms with Gasteiger partial charge in [-0.25, -0.2) is 4.39 Å². The first-order valence-electron chi connectivity index (χ1n) is 4.77. The molecule has 3 nitrogen and oxygen atoms in total. The van der Waals surface area contributed by atoms with E-state index in [1.165, 1.54) is 6.07 Å². The molecule has 1 atom stereocenters. The topological polar surface area (TPSA) is 40.7 Å².